The Kier molecular flexibility index (Phi) is 5.44. The number of urea groups is 1. The molecule has 6 rings (SSSR count). The first-order valence-corrected chi connectivity index (χ1v) is 12.2. The molecule has 0 saturated carbocycles. The number of nitrogens with zero attached hydrogens (tertiary/aromatic N) is 2. The van der Waals surface area contributed by atoms with Crippen molar-refractivity contribution in [2.24, 2.45) is 0 Å². The van der Waals surface area contributed by atoms with Crippen molar-refractivity contribution in [2.45, 2.75) is 32.0 Å². The van der Waals surface area contributed by atoms with Gasteiger partial charge in [0.1, 0.15) is 11.8 Å². The van der Waals surface area contributed by atoms with Crippen LogP contribution in [-0.2, 0) is 17.8 Å². The number of rotatable bonds is 5. The molecule has 2 N–H and O–H groups in total. The fourth-order valence-corrected chi connectivity index (χ4v) is 5.47. The van der Waals surface area contributed by atoms with E-state index < -0.39 is 12.1 Å². The Bertz CT molecular complexity index is 1540. The smallest absolute Gasteiger partial charge is 0.332 e. The van der Waals surface area contributed by atoms with Crippen LogP contribution in [0.15, 0.2) is 72.8 Å². The molecule has 0 spiro atoms. The van der Waals surface area contributed by atoms with Crippen molar-refractivity contribution in [1.29, 1.82) is 0 Å². The molecule has 1 saturated heterocycles. The minimum absolute atomic E-state index is 0.272. The summed E-state index contributed by atoms with van der Waals surface area (Å²) >= 11 is 0. The lowest BCUT2D eigenvalue weighted by Gasteiger charge is -2.33. The Labute approximate surface area is 213 Å². The standard InChI is InChI=1S/C29H26N4O4/c1-17-26-22(20-7-3-5-9-23(20)31-26)15-25-28(35)33(29(36)32(17)25)24-10-6-4-8-21(24)27(34)30-16-18-11-13-19(37-2)14-12-18/h3-14,17,25,31H,15-16H2,1-2H3,(H,30,34). The first kappa shape index (κ1) is 22.8. The van der Waals surface area contributed by atoms with Gasteiger partial charge in [0, 0.05) is 29.6 Å². The fourth-order valence-electron chi connectivity index (χ4n) is 5.47. The van der Waals surface area contributed by atoms with E-state index in [9.17, 15) is 14.4 Å². The summed E-state index contributed by atoms with van der Waals surface area (Å²) in [5.41, 5.74) is 4.48. The molecule has 3 aromatic carbocycles. The van der Waals surface area contributed by atoms with Crippen LogP contribution < -0.4 is 15.0 Å². The second-order valence-corrected chi connectivity index (χ2v) is 9.37. The number of hydrogen-bond acceptors (Lipinski definition) is 4. The lowest BCUT2D eigenvalue weighted by molar-refractivity contribution is -0.120. The quantitative estimate of drug-likeness (QED) is 0.398. The van der Waals surface area contributed by atoms with Crippen LogP contribution in [0.2, 0.25) is 0 Å². The number of ether oxygens (including phenoxy) is 1. The van der Waals surface area contributed by atoms with Crippen LogP contribution in [0.25, 0.3) is 10.9 Å². The molecule has 2 atom stereocenters. The number of fused-ring (bicyclic) bond motifs is 4. The summed E-state index contributed by atoms with van der Waals surface area (Å²) in [4.78, 5) is 46.8. The zero-order chi connectivity index (χ0) is 25.7. The van der Waals surface area contributed by atoms with E-state index in [1.807, 2.05) is 55.5 Å². The number of anilines is 1. The van der Waals surface area contributed by atoms with E-state index in [-0.39, 0.29) is 23.4 Å². The van der Waals surface area contributed by atoms with E-state index in [0.29, 0.717) is 18.7 Å². The number of para-hydroxylation sites is 2. The molecular formula is C29H26N4O4. The first-order valence-electron chi connectivity index (χ1n) is 12.2. The van der Waals surface area contributed by atoms with Gasteiger partial charge in [0.15, 0.2) is 0 Å². The van der Waals surface area contributed by atoms with E-state index in [0.717, 1.165) is 38.4 Å². The van der Waals surface area contributed by atoms with Crippen LogP contribution in [0.4, 0.5) is 10.5 Å². The number of nitrogens with one attached hydrogen (secondary N) is 2. The Morgan fingerprint density at radius 1 is 1.03 bits per heavy atom. The number of hydrogen-bond donors (Lipinski definition) is 2. The molecule has 4 aromatic rings. The maximum absolute atomic E-state index is 13.7. The fraction of sp³-hybridized carbons (Fsp3) is 0.207. The molecular weight excluding hydrogens is 468 g/mol. The number of carbonyl (C=O) groups excluding carboxylic acids is 3. The maximum Gasteiger partial charge on any atom is 0.332 e. The third-order valence-corrected chi connectivity index (χ3v) is 7.33. The zero-order valence-corrected chi connectivity index (χ0v) is 20.5. The highest BCUT2D eigenvalue weighted by Gasteiger charge is 2.52. The van der Waals surface area contributed by atoms with Crippen molar-refractivity contribution in [3.05, 3.63) is 95.2 Å². The minimum atomic E-state index is -0.621. The normalized spacial score (nSPS) is 18.6. The summed E-state index contributed by atoms with van der Waals surface area (Å²) in [6.45, 7) is 2.23. The van der Waals surface area contributed by atoms with Crippen molar-refractivity contribution in [1.82, 2.24) is 15.2 Å². The summed E-state index contributed by atoms with van der Waals surface area (Å²) in [5.74, 6) is 0.0562. The molecule has 8 heteroatoms. The minimum Gasteiger partial charge on any atom is -0.497 e. The number of methoxy groups -OCH3 is 1. The summed E-state index contributed by atoms with van der Waals surface area (Å²) in [5, 5.41) is 3.97. The molecule has 0 radical (unpaired) electrons. The molecule has 2 aliphatic rings. The van der Waals surface area contributed by atoms with E-state index in [1.165, 1.54) is 0 Å². The van der Waals surface area contributed by atoms with Crippen LogP contribution >= 0.6 is 0 Å². The number of aromatic amines is 1. The van der Waals surface area contributed by atoms with E-state index >= 15 is 0 Å². The van der Waals surface area contributed by atoms with Crippen LogP contribution in [0, 0.1) is 0 Å². The predicted molar refractivity (Wildman–Crippen MR) is 140 cm³/mol. The summed E-state index contributed by atoms with van der Waals surface area (Å²) < 4.78 is 5.18. The number of aromatic nitrogens is 1. The van der Waals surface area contributed by atoms with Gasteiger partial charge in [-0.2, -0.15) is 0 Å². The van der Waals surface area contributed by atoms with Crippen LogP contribution in [0.3, 0.4) is 0 Å². The van der Waals surface area contributed by atoms with E-state index in [1.54, 1.807) is 36.3 Å². The van der Waals surface area contributed by atoms with Gasteiger partial charge in [0.05, 0.1) is 24.4 Å². The van der Waals surface area contributed by atoms with Gasteiger partial charge >= 0.3 is 6.03 Å². The average Bonchev–Trinajstić information content (AvgIpc) is 3.42. The van der Waals surface area contributed by atoms with Crippen LogP contribution in [-0.4, -0.2) is 40.9 Å². The summed E-state index contributed by atoms with van der Waals surface area (Å²) in [7, 11) is 1.60. The average molecular weight is 495 g/mol. The number of amides is 4. The molecule has 186 valence electrons. The van der Waals surface area contributed by atoms with Gasteiger partial charge in [0.25, 0.3) is 11.8 Å². The van der Waals surface area contributed by atoms with Gasteiger partial charge in [-0.15, -0.1) is 0 Å². The molecule has 4 amide bonds. The Morgan fingerprint density at radius 2 is 1.76 bits per heavy atom. The molecule has 0 aliphatic carbocycles. The van der Waals surface area contributed by atoms with Gasteiger partial charge in [0.2, 0.25) is 0 Å². The van der Waals surface area contributed by atoms with E-state index in [2.05, 4.69) is 10.3 Å². The molecule has 0 bridgehead atoms. The first-order chi connectivity index (χ1) is 18.0. The Hall–Kier alpha value is -4.59. The number of benzene rings is 3. The van der Waals surface area contributed by atoms with Gasteiger partial charge in [-0.25, -0.2) is 9.69 Å². The molecule has 8 nitrogen and oxygen atoms in total. The van der Waals surface area contributed by atoms with Crippen molar-refractivity contribution in [3.63, 3.8) is 0 Å². The third-order valence-electron chi connectivity index (χ3n) is 7.33. The largest absolute Gasteiger partial charge is 0.497 e. The van der Waals surface area contributed by atoms with Crippen LogP contribution in [0.1, 0.15) is 40.1 Å². The second kappa shape index (κ2) is 8.81. The topological polar surface area (TPSA) is 94.7 Å². The van der Waals surface area contributed by atoms with E-state index in [4.69, 9.17) is 4.74 Å². The highest BCUT2D eigenvalue weighted by molar-refractivity contribution is 6.24. The van der Waals surface area contributed by atoms with Gasteiger partial charge in [-0.1, -0.05) is 42.5 Å². The molecule has 2 unspecified atom stereocenters. The van der Waals surface area contributed by atoms with Gasteiger partial charge < -0.3 is 19.9 Å². The Balaban J connectivity index is 1.28. The number of carbonyl (C=O) groups is 3. The molecule has 37 heavy (non-hydrogen) atoms. The van der Waals surface area contributed by atoms with Crippen molar-refractivity contribution in [3.8, 4) is 5.75 Å². The lowest BCUT2D eigenvalue weighted by atomic mass is 9.93. The maximum atomic E-state index is 13.7. The molecule has 1 fully saturated rings. The monoisotopic (exact) mass is 494 g/mol. The highest BCUT2D eigenvalue weighted by Crippen LogP contribution is 2.42. The SMILES string of the molecule is COc1ccc(CNC(=O)c2ccccc2N2C(=O)C3Cc4c([nH]c5ccccc45)C(C)N3C2=O)cc1. The highest BCUT2D eigenvalue weighted by atomic mass is 16.5. The molecule has 2 aliphatic heterocycles. The lowest BCUT2D eigenvalue weighted by Crippen LogP contribution is -2.42. The van der Waals surface area contributed by atoms with Gasteiger partial charge in [-0.3, -0.25) is 9.59 Å². The third kappa shape index (κ3) is 3.64. The van der Waals surface area contributed by atoms with Crippen molar-refractivity contribution >= 4 is 34.4 Å². The summed E-state index contributed by atoms with van der Waals surface area (Å²) in [6.07, 6.45) is 0.427. The predicted octanol–water partition coefficient (Wildman–Crippen LogP) is 4.56. The molecule has 3 heterocycles. The van der Waals surface area contributed by atoms with Crippen LogP contribution in [0.5, 0.6) is 5.75 Å². The summed E-state index contributed by atoms with van der Waals surface area (Å²) in [6, 6.07) is 20.8. The van der Waals surface area contributed by atoms with Gasteiger partial charge in [-0.05, 0) is 48.4 Å². The number of H-pyrrole nitrogens is 1. The van der Waals surface area contributed by atoms with Crippen molar-refractivity contribution < 1.29 is 19.1 Å². The Morgan fingerprint density at radius 3 is 2.54 bits per heavy atom. The zero-order valence-electron chi connectivity index (χ0n) is 20.5. The number of imide groups is 1. The van der Waals surface area contributed by atoms with Crippen molar-refractivity contribution in [2.75, 3.05) is 12.0 Å². The molecule has 1 aromatic heterocycles. The second-order valence-electron chi connectivity index (χ2n) is 9.37.